The molecule has 18 heavy (non-hydrogen) atoms. The summed E-state index contributed by atoms with van der Waals surface area (Å²) in [6.07, 6.45) is 0.733. The SMILES string of the molecule is Cc1ccsc1CNCCc1ccccc1F.Cl. The van der Waals surface area contributed by atoms with E-state index in [-0.39, 0.29) is 18.2 Å². The summed E-state index contributed by atoms with van der Waals surface area (Å²) in [5, 5.41) is 5.45. The van der Waals surface area contributed by atoms with Gasteiger partial charge < -0.3 is 5.32 Å². The fourth-order valence-electron chi connectivity index (χ4n) is 1.71. The summed E-state index contributed by atoms with van der Waals surface area (Å²) < 4.78 is 13.3. The fourth-order valence-corrected chi connectivity index (χ4v) is 2.59. The summed E-state index contributed by atoms with van der Waals surface area (Å²) in [7, 11) is 0. The van der Waals surface area contributed by atoms with Gasteiger partial charge >= 0.3 is 0 Å². The van der Waals surface area contributed by atoms with Gasteiger partial charge in [-0.15, -0.1) is 23.7 Å². The first-order valence-corrected chi connectivity index (χ1v) is 6.62. The molecule has 0 aliphatic heterocycles. The Morgan fingerprint density at radius 3 is 2.67 bits per heavy atom. The second kappa shape index (κ2) is 7.52. The van der Waals surface area contributed by atoms with E-state index in [0.717, 1.165) is 25.1 Å². The Kier molecular flexibility index (Phi) is 6.33. The monoisotopic (exact) mass is 285 g/mol. The van der Waals surface area contributed by atoms with E-state index in [1.54, 1.807) is 17.4 Å². The Hall–Kier alpha value is -0.900. The average Bonchev–Trinajstić information content (AvgIpc) is 2.73. The highest BCUT2D eigenvalue weighted by Crippen LogP contribution is 2.14. The van der Waals surface area contributed by atoms with Crippen LogP contribution in [-0.4, -0.2) is 6.54 Å². The zero-order valence-electron chi connectivity index (χ0n) is 10.3. The predicted molar refractivity (Wildman–Crippen MR) is 78.1 cm³/mol. The maximum atomic E-state index is 13.3. The van der Waals surface area contributed by atoms with E-state index in [4.69, 9.17) is 0 Å². The van der Waals surface area contributed by atoms with Gasteiger partial charge in [0, 0.05) is 11.4 Å². The van der Waals surface area contributed by atoms with E-state index in [1.165, 1.54) is 16.5 Å². The first-order chi connectivity index (χ1) is 8.27. The Morgan fingerprint density at radius 2 is 2.00 bits per heavy atom. The van der Waals surface area contributed by atoms with Gasteiger partial charge in [0.05, 0.1) is 0 Å². The molecule has 0 amide bonds. The molecule has 0 atom stereocenters. The molecule has 2 rings (SSSR count). The van der Waals surface area contributed by atoms with Crippen LogP contribution in [0.25, 0.3) is 0 Å². The van der Waals surface area contributed by atoms with Crippen molar-refractivity contribution >= 4 is 23.7 Å². The van der Waals surface area contributed by atoms with Gasteiger partial charge in [0.25, 0.3) is 0 Å². The van der Waals surface area contributed by atoms with E-state index in [0.29, 0.717) is 0 Å². The van der Waals surface area contributed by atoms with E-state index in [1.807, 2.05) is 12.1 Å². The van der Waals surface area contributed by atoms with Gasteiger partial charge in [-0.3, -0.25) is 0 Å². The molecule has 1 aromatic carbocycles. The third-order valence-corrected chi connectivity index (χ3v) is 3.81. The molecule has 1 N–H and O–H groups in total. The van der Waals surface area contributed by atoms with Crippen LogP contribution in [0.4, 0.5) is 4.39 Å². The molecule has 0 radical (unpaired) electrons. The zero-order chi connectivity index (χ0) is 12.1. The molecular formula is C14H17ClFNS. The quantitative estimate of drug-likeness (QED) is 0.820. The molecule has 0 saturated heterocycles. The highest BCUT2D eigenvalue weighted by Gasteiger charge is 2.01. The molecule has 0 fully saturated rings. The summed E-state index contributed by atoms with van der Waals surface area (Å²) in [4.78, 5) is 1.36. The molecule has 98 valence electrons. The van der Waals surface area contributed by atoms with Crippen LogP contribution in [-0.2, 0) is 13.0 Å². The standard InChI is InChI=1S/C14H16FNS.ClH/c1-11-7-9-17-14(11)10-16-8-6-12-4-2-3-5-13(12)15;/h2-5,7,9,16H,6,8,10H2,1H3;1H. The van der Waals surface area contributed by atoms with E-state index in [9.17, 15) is 4.39 Å². The fraction of sp³-hybridized carbons (Fsp3) is 0.286. The minimum atomic E-state index is -0.110. The molecule has 2 aromatic rings. The molecule has 0 aliphatic carbocycles. The topological polar surface area (TPSA) is 12.0 Å². The molecule has 0 spiro atoms. The number of hydrogen-bond donors (Lipinski definition) is 1. The lowest BCUT2D eigenvalue weighted by molar-refractivity contribution is 0.598. The van der Waals surface area contributed by atoms with Crippen molar-refractivity contribution in [3.05, 3.63) is 57.5 Å². The summed E-state index contributed by atoms with van der Waals surface area (Å²) in [6, 6.07) is 9.08. The van der Waals surface area contributed by atoms with Crippen LogP contribution in [0.3, 0.4) is 0 Å². The van der Waals surface area contributed by atoms with Crippen LogP contribution >= 0.6 is 23.7 Å². The Morgan fingerprint density at radius 1 is 1.22 bits per heavy atom. The lowest BCUT2D eigenvalue weighted by atomic mass is 10.1. The lowest BCUT2D eigenvalue weighted by Crippen LogP contribution is -2.16. The minimum Gasteiger partial charge on any atom is -0.312 e. The Labute approximate surface area is 117 Å². The van der Waals surface area contributed by atoms with Crippen molar-refractivity contribution < 1.29 is 4.39 Å². The number of hydrogen-bond acceptors (Lipinski definition) is 2. The second-order valence-corrected chi connectivity index (χ2v) is 5.05. The molecule has 1 nitrogen and oxygen atoms in total. The maximum absolute atomic E-state index is 13.3. The van der Waals surface area contributed by atoms with Crippen molar-refractivity contribution in [1.82, 2.24) is 5.32 Å². The highest BCUT2D eigenvalue weighted by molar-refractivity contribution is 7.10. The third-order valence-electron chi connectivity index (χ3n) is 2.78. The smallest absolute Gasteiger partial charge is 0.126 e. The van der Waals surface area contributed by atoms with Crippen LogP contribution in [0.1, 0.15) is 16.0 Å². The summed E-state index contributed by atoms with van der Waals surface area (Å²) in [5.41, 5.74) is 2.11. The summed E-state index contributed by atoms with van der Waals surface area (Å²) in [6.45, 7) is 3.79. The van der Waals surface area contributed by atoms with Crippen LogP contribution in [0, 0.1) is 12.7 Å². The first kappa shape index (κ1) is 15.2. The second-order valence-electron chi connectivity index (χ2n) is 4.04. The predicted octanol–water partition coefficient (Wildman–Crippen LogP) is 3.95. The molecule has 0 unspecified atom stereocenters. The summed E-state index contributed by atoms with van der Waals surface area (Å²) in [5.74, 6) is -0.110. The zero-order valence-corrected chi connectivity index (χ0v) is 11.9. The molecule has 1 aromatic heterocycles. The van der Waals surface area contributed by atoms with Crippen molar-refractivity contribution in [1.29, 1.82) is 0 Å². The number of aryl methyl sites for hydroxylation is 1. The van der Waals surface area contributed by atoms with Crippen LogP contribution in [0.5, 0.6) is 0 Å². The molecule has 0 aliphatic rings. The highest BCUT2D eigenvalue weighted by atomic mass is 35.5. The summed E-state index contributed by atoms with van der Waals surface area (Å²) >= 11 is 1.76. The average molecular weight is 286 g/mol. The number of halogens is 2. The van der Waals surface area contributed by atoms with Crippen LogP contribution in [0.2, 0.25) is 0 Å². The van der Waals surface area contributed by atoms with Crippen LogP contribution < -0.4 is 5.32 Å². The molecular weight excluding hydrogens is 269 g/mol. The Bertz CT molecular complexity index is 484. The van der Waals surface area contributed by atoms with Crippen molar-refractivity contribution in [3.63, 3.8) is 0 Å². The third kappa shape index (κ3) is 4.09. The van der Waals surface area contributed by atoms with Gasteiger partial charge in [0.15, 0.2) is 0 Å². The minimum absolute atomic E-state index is 0. The van der Waals surface area contributed by atoms with Crippen molar-refractivity contribution in [3.8, 4) is 0 Å². The molecule has 4 heteroatoms. The number of benzene rings is 1. The first-order valence-electron chi connectivity index (χ1n) is 5.74. The van der Waals surface area contributed by atoms with Gasteiger partial charge in [0.1, 0.15) is 5.82 Å². The van der Waals surface area contributed by atoms with E-state index in [2.05, 4.69) is 23.7 Å². The molecule has 1 heterocycles. The molecule has 0 bridgehead atoms. The lowest BCUT2D eigenvalue weighted by Gasteiger charge is -2.05. The van der Waals surface area contributed by atoms with Crippen molar-refractivity contribution in [2.45, 2.75) is 19.9 Å². The van der Waals surface area contributed by atoms with Gasteiger partial charge in [-0.2, -0.15) is 0 Å². The van der Waals surface area contributed by atoms with Gasteiger partial charge in [-0.1, -0.05) is 18.2 Å². The van der Waals surface area contributed by atoms with E-state index < -0.39 is 0 Å². The number of thiophene rings is 1. The normalized spacial score (nSPS) is 10.1. The van der Waals surface area contributed by atoms with Gasteiger partial charge in [-0.25, -0.2) is 4.39 Å². The Balaban J connectivity index is 0.00000162. The van der Waals surface area contributed by atoms with Crippen LogP contribution in [0.15, 0.2) is 35.7 Å². The number of nitrogens with one attached hydrogen (secondary N) is 1. The van der Waals surface area contributed by atoms with Gasteiger partial charge in [0.2, 0.25) is 0 Å². The maximum Gasteiger partial charge on any atom is 0.126 e. The largest absolute Gasteiger partial charge is 0.312 e. The van der Waals surface area contributed by atoms with Crippen molar-refractivity contribution in [2.75, 3.05) is 6.54 Å². The molecule has 0 saturated carbocycles. The number of rotatable bonds is 5. The van der Waals surface area contributed by atoms with E-state index >= 15 is 0 Å². The van der Waals surface area contributed by atoms with Gasteiger partial charge in [-0.05, 0) is 48.5 Å². The van der Waals surface area contributed by atoms with Crippen molar-refractivity contribution in [2.24, 2.45) is 0 Å².